The molecule has 2 atom stereocenters. The average molecular weight is 277 g/mol. The number of carbonyl (C=O) groups is 1. The van der Waals surface area contributed by atoms with Gasteiger partial charge in [0.25, 0.3) is 0 Å². The molecule has 0 aliphatic carbocycles. The van der Waals surface area contributed by atoms with E-state index in [1.807, 2.05) is 13.1 Å². The van der Waals surface area contributed by atoms with Gasteiger partial charge in [0, 0.05) is 18.0 Å². The van der Waals surface area contributed by atoms with Gasteiger partial charge in [-0.05, 0) is 25.2 Å². The van der Waals surface area contributed by atoms with E-state index in [-0.39, 0.29) is 17.7 Å². The highest BCUT2D eigenvalue weighted by Gasteiger charge is 2.33. The van der Waals surface area contributed by atoms with Crippen molar-refractivity contribution in [3.63, 3.8) is 0 Å². The lowest BCUT2D eigenvalue weighted by Gasteiger charge is -2.16. The van der Waals surface area contributed by atoms with Gasteiger partial charge < -0.3 is 19.5 Å². The number of ether oxygens (including phenoxy) is 3. The van der Waals surface area contributed by atoms with Gasteiger partial charge in [-0.1, -0.05) is 0 Å². The second-order valence-electron chi connectivity index (χ2n) is 5.12. The van der Waals surface area contributed by atoms with Crippen molar-refractivity contribution in [2.45, 2.75) is 12.5 Å². The van der Waals surface area contributed by atoms with Gasteiger partial charge in [-0.3, -0.25) is 4.79 Å². The van der Waals surface area contributed by atoms with E-state index in [9.17, 15) is 4.79 Å². The van der Waals surface area contributed by atoms with Crippen LogP contribution in [0.4, 0.5) is 0 Å². The topological polar surface area (TPSA) is 56.8 Å². The zero-order valence-corrected chi connectivity index (χ0v) is 11.6. The van der Waals surface area contributed by atoms with Crippen LogP contribution >= 0.6 is 0 Å². The molecule has 0 radical (unpaired) electrons. The van der Waals surface area contributed by atoms with Crippen molar-refractivity contribution < 1.29 is 19.0 Å². The molecule has 2 aliphatic rings. The molecule has 0 aromatic heterocycles. The van der Waals surface area contributed by atoms with Gasteiger partial charge >= 0.3 is 0 Å². The van der Waals surface area contributed by atoms with Crippen molar-refractivity contribution >= 4 is 5.78 Å². The van der Waals surface area contributed by atoms with E-state index >= 15 is 0 Å². The largest absolute Gasteiger partial charge is 0.490 e. The van der Waals surface area contributed by atoms with E-state index < -0.39 is 0 Å². The van der Waals surface area contributed by atoms with Gasteiger partial charge in [-0.2, -0.15) is 0 Å². The summed E-state index contributed by atoms with van der Waals surface area (Å²) in [7, 11) is 1.85. The molecular weight excluding hydrogens is 258 g/mol. The summed E-state index contributed by atoms with van der Waals surface area (Å²) in [5.41, 5.74) is 0.657. The number of rotatable bonds is 3. The summed E-state index contributed by atoms with van der Waals surface area (Å²) in [4.78, 5) is 12.6. The third-order valence-electron chi connectivity index (χ3n) is 3.82. The van der Waals surface area contributed by atoms with E-state index in [1.54, 1.807) is 12.1 Å². The molecule has 0 bridgehead atoms. The molecule has 0 spiro atoms. The summed E-state index contributed by atoms with van der Waals surface area (Å²) in [6, 6.07) is 5.49. The van der Waals surface area contributed by atoms with Gasteiger partial charge in [0.1, 0.15) is 0 Å². The van der Waals surface area contributed by atoms with Gasteiger partial charge in [-0.25, -0.2) is 0 Å². The van der Waals surface area contributed by atoms with Crippen molar-refractivity contribution in [3.05, 3.63) is 23.8 Å². The Morgan fingerprint density at radius 2 is 2.00 bits per heavy atom. The lowest BCUT2D eigenvalue weighted by Crippen LogP contribution is -2.37. The first kappa shape index (κ1) is 13.4. The van der Waals surface area contributed by atoms with E-state index in [0.29, 0.717) is 43.5 Å². The Bertz CT molecular complexity index is 503. The summed E-state index contributed by atoms with van der Waals surface area (Å²) in [6.45, 7) is 2.32. The van der Waals surface area contributed by atoms with Gasteiger partial charge in [-0.15, -0.1) is 0 Å². The standard InChI is InChI=1S/C15H19NO4/c1-16-12-9-18-8-11(12)15(17)10-3-4-13-14(7-10)20-6-2-5-19-13/h3-4,7,11-12,16H,2,5-6,8-9H2,1H3. The summed E-state index contributed by atoms with van der Waals surface area (Å²) in [5, 5.41) is 3.14. The Hall–Kier alpha value is -1.59. The number of benzene rings is 1. The Morgan fingerprint density at radius 3 is 2.80 bits per heavy atom. The highest BCUT2D eigenvalue weighted by Crippen LogP contribution is 2.31. The van der Waals surface area contributed by atoms with E-state index in [4.69, 9.17) is 14.2 Å². The minimum absolute atomic E-state index is 0.0819. The van der Waals surface area contributed by atoms with Crippen LogP contribution < -0.4 is 14.8 Å². The lowest BCUT2D eigenvalue weighted by atomic mass is 9.93. The number of hydrogen-bond donors (Lipinski definition) is 1. The molecule has 1 saturated heterocycles. The summed E-state index contributed by atoms with van der Waals surface area (Å²) >= 11 is 0. The number of nitrogens with one attached hydrogen (secondary N) is 1. The zero-order valence-electron chi connectivity index (χ0n) is 11.6. The molecule has 2 heterocycles. The molecular formula is C15H19NO4. The van der Waals surface area contributed by atoms with E-state index in [0.717, 1.165) is 6.42 Å². The van der Waals surface area contributed by atoms with Crippen LogP contribution in [0.5, 0.6) is 11.5 Å². The molecule has 3 rings (SSSR count). The fraction of sp³-hybridized carbons (Fsp3) is 0.533. The van der Waals surface area contributed by atoms with Crippen molar-refractivity contribution in [3.8, 4) is 11.5 Å². The maximum Gasteiger partial charge on any atom is 0.170 e. The predicted molar refractivity (Wildman–Crippen MR) is 73.5 cm³/mol. The fourth-order valence-corrected chi connectivity index (χ4v) is 2.63. The van der Waals surface area contributed by atoms with Crippen LogP contribution in [-0.4, -0.2) is 45.3 Å². The Morgan fingerprint density at radius 1 is 1.20 bits per heavy atom. The number of ketones is 1. The van der Waals surface area contributed by atoms with Crippen LogP contribution in [0.3, 0.4) is 0 Å². The van der Waals surface area contributed by atoms with Crippen molar-refractivity contribution in [2.24, 2.45) is 5.92 Å². The Kier molecular flexibility index (Phi) is 3.89. The fourth-order valence-electron chi connectivity index (χ4n) is 2.63. The quantitative estimate of drug-likeness (QED) is 0.843. The predicted octanol–water partition coefficient (Wildman–Crippen LogP) is 1.26. The maximum atomic E-state index is 12.6. The Labute approximate surface area is 118 Å². The molecule has 0 amide bonds. The molecule has 108 valence electrons. The minimum Gasteiger partial charge on any atom is -0.490 e. The zero-order chi connectivity index (χ0) is 13.9. The smallest absolute Gasteiger partial charge is 0.170 e. The van der Waals surface area contributed by atoms with Crippen molar-refractivity contribution in [1.82, 2.24) is 5.32 Å². The number of likely N-dealkylation sites (N-methyl/N-ethyl adjacent to an activating group) is 1. The van der Waals surface area contributed by atoms with Gasteiger partial charge in [0.15, 0.2) is 17.3 Å². The molecule has 1 aromatic rings. The molecule has 20 heavy (non-hydrogen) atoms. The first-order valence-corrected chi connectivity index (χ1v) is 6.98. The number of hydrogen-bond acceptors (Lipinski definition) is 5. The van der Waals surface area contributed by atoms with E-state index in [1.165, 1.54) is 0 Å². The molecule has 1 N–H and O–H groups in total. The van der Waals surface area contributed by atoms with Crippen LogP contribution in [-0.2, 0) is 4.74 Å². The highest BCUT2D eigenvalue weighted by molar-refractivity contribution is 5.99. The van der Waals surface area contributed by atoms with Crippen LogP contribution in [0.25, 0.3) is 0 Å². The average Bonchev–Trinajstić information content (AvgIpc) is 2.83. The summed E-state index contributed by atoms with van der Waals surface area (Å²) in [5.74, 6) is 1.34. The van der Waals surface area contributed by atoms with Crippen LogP contribution in [0.15, 0.2) is 18.2 Å². The number of fused-ring (bicyclic) bond motifs is 1. The van der Waals surface area contributed by atoms with Gasteiger partial charge in [0.2, 0.25) is 0 Å². The third kappa shape index (κ3) is 2.51. The molecule has 5 nitrogen and oxygen atoms in total. The molecule has 2 unspecified atom stereocenters. The first-order chi connectivity index (χ1) is 9.79. The second-order valence-corrected chi connectivity index (χ2v) is 5.12. The van der Waals surface area contributed by atoms with Gasteiger partial charge in [0.05, 0.1) is 32.3 Å². The monoisotopic (exact) mass is 277 g/mol. The van der Waals surface area contributed by atoms with Crippen LogP contribution in [0.2, 0.25) is 0 Å². The SMILES string of the molecule is CNC1COCC1C(=O)c1ccc2c(c1)OCCCO2. The third-order valence-corrected chi connectivity index (χ3v) is 3.82. The number of carbonyl (C=O) groups excluding carboxylic acids is 1. The molecule has 2 aliphatic heterocycles. The highest BCUT2D eigenvalue weighted by atomic mass is 16.5. The summed E-state index contributed by atoms with van der Waals surface area (Å²) in [6.07, 6.45) is 0.857. The lowest BCUT2D eigenvalue weighted by molar-refractivity contribution is 0.0892. The minimum atomic E-state index is -0.134. The molecule has 0 saturated carbocycles. The molecule has 1 fully saturated rings. The van der Waals surface area contributed by atoms with Crippen LogP contribution in [0.1, 0.15) is 16.8 Å². The maximum absolute atomic E-state index is 12.6. The number of Topliss-reactive ketones (excluding diaryl/α,β-unsaturated/α-hetero) is 1. The van der Waals surface area contributed by atoms with Crippen molar-refractivity contribution in [1.29, 1.82) is 0 Å². The van der Waals surface area contributed by atoms with Crippen LogP contribution in [0, 0.1) is 5.92 Å². The van der Waals surface area contributed by atoms with E-state index in [2.05, 4.69) is 5.32 Å². The summed E-state index contributed by atoms with van der Waals surface area (Å²) < 4.78 is 16.6. The molecule has 1 aromatic carbocycles. The second kappa shape index (κ2) is 5.81. The Balaban J connectivity index is 1.83. The first-order valence-electron chi connectivity index (χ1n) is 6.98. The normalized spacial score (nSPS) is 25.2. The molecule has 5 heteroatoms. The van der Waals surface area contributed by atoms with Crippen molar-refractivity contribution in [2.75, 3.05) is 33.5 Å².